The van der Waals surface area contributed by atoms with E-state index in [2.05, 4.69) is 26.2 Å². The van der Waals surface area contributed by atoms with Crippen molar-refractivity contribution >= 4 is 23.1 Å². The molecule has 1 aliphatic rings. The van der Waals surface area contributed by atoms with Crippen molar-refractivity contribution in [2.45, 2.75) is 39.5 Å². The third-order valence-electron chi connectivity index (χ3n) is 9.57. The van der Waals surface area contributed by atoms with Crippen LogP contribution in [0.25, 0.3) is 44.6 Å². The van der Waals surface area contributed by atoms with E-state index in [9.17, 15) is 14.4 Å². The summed E-state index contributed by atoms with van der Waals surface area (Å²) in [4.78, 5) is 50.3. The van der Waals surface area contributed by atoms with Crippen molar-refractivity contribution < 1.29 is 9.59 Å². The van der Waals surface area contributed by atoms with Gasteiger partial charge in [-0.3, -0.25) is 28.6 Å². The molecule has 50 heavy (non-hydrogen) atoms. The number of rotatable bonds is 7. The molecular weight excluding hydrogens is 632 g/mol. The van der Waals surface area contributed by atoms with Crippen LogP contribution in [0.2, 0.25) is 0 Å². The number of nitrogens with two attached hydrogens (primary N) is 2. The van der Waals surface area contributed by atoms with Crippen molar-refractivity contribution in [1.82, 2.24) is 38.8 Å². The van der Waals surface area contributed by atoms with Crippen LogP contribution in [0.1, 0.15) is 54.4 Å². The molecule has 13 nitrogen and oxygen atoms in total. The highest BCUT2D eigenvalue weighted by molar-refractivity contribution is 6.04. The summed E-state index contributed by atoms with van der Waals surface area (Å²) in [6.07, 6.45) is 9.80. The summed E-state index contributed by atoms with van der Waals surface area (Å²) in [5.41, 5.74) is 18.7. The number of pyridine rings is 2. The van der Waals surface area contributed by atoms with E-state index in [4.69, 9.17) is 11.5 Å². The fourth-order valence-corrected chi connectivity index (χ4v) is 7.19. The second-order valence-corrected chi connectivity index (χ2v) is 13.0. The van der Waals surface area contributed by atoms with Crippen molar-refractivity contribution in [2.24, 2.45) is 18.7 Å². The molecule has 254 valence electrons. The molecule has 0 unspecified atom stereocenters. The number of carbonyl (C=O) groups is 2. The zero-order chi connectivity index (χ0) is 35.3. The molecule has 0 atom stereocenters. The maximum Gasteiger partial charge on any atom is 0.268 e. The Balaban J connectivity index is 1.35. The first-order valence-electron chi connectivity index (χ1n) is 16.6. The lowest BCUT2D eigenvalue weighted by Gasteiger charge is -2.33. The predicted molar refractivity (Wildman–Crippen MR) is 191 cm³/mol. The van der Waals surface area contributed by atoms with E-state index >= 15 is 0 Å². The Morgan fingerprint density at radius 2 is 1.68 bits per heavy atom. The normalized spacial score (nSPS) is 13.7. The summed E-state index contributed by atoms with van der Waals surface area (Å²) in [7, 11) is 1.81. The van der Waals surface area contributed by atoms with Gasteiger partial charge in [-0.2, -0.15) is 10.2 Å². The molecule has 6 heterocycles. The summed E-state index contributed by atoms with van der Waals surface area (Å²) in [6.45, 7) is 7.05. The molecule has 4 N–H and O–H groups in total. The van der Waals surface area contributed by atoms with Gasteiger partial charge < -0.3 is 16.4 Å². The number of aryl methyl sites for hydroxylation is 1. The van der Waals surface area contributed by atoms with E-state index in [0.717, 1.165) is 35.2 Å². The van der Waals surface area contributed by atoms with Crippen molar-refractivity contribution in [3.05, 3.63) is 101 Å². The first kappa shape index (κ1) is 32.4. The summed E-state index contributed by atoms with van der Waals surface area (Å²) >= 11 is 0. The Labute approximate surface area is 288 Å². The summed E-state index contributed by atoms with van der Waals surface area (Å²) in [5.74, 6) is -0.181. The number of anilines is 1. The Bertz CT molecular complexity index is 2310. The molecule has 0 aliphatic carbocycles. The number of primary amides is 1. The van der Waals surface area contributed by atoms with Crippen LogP contribution in [0.4, 0.5) is 5.82 Å². The highest BCUT2D eigenvalue weighted by atomic mass is 16.2. The Morgan fingerprint density at radius 3 is 2.30 bits per heavy atom. The molecular formula is C37H38N10O3. The molecule has 0 spiro atoms. The van der Waals surface area contributed by atoms with Crippen LogP contribution in [0.15, 0.2) is 78.4 Å². The average molecular weight is 671 g/mol. The zero-order valence-corrected chi connectivity index (χ0v) is 28.4. The van der Waals surface area contributed by atoms with Crippen LogP contribution in [-0.2, 0) is 11.8 Å². The van der Waals surface area contributed by atoms with Crippen LogP contribution in [0.3, 0.4) is 0 Å². The lowest BCUT2D eigenvalue weighted by atomic mass is 9.89. The van der Waals surface area contributed by atoms with Gasteiger partial charge in [-0.1, -0.05) is 38.1 Å². The molecule has 2 amide bonds. The number of fused-ring (bicyclic) bond motifs is 1. The van der Waals surface area contributed by atoms with E-state index in [1.165, 1.54) is 10.9 Å². The van der Waals surface area contributed by atoms with Gasteiger partial charge in [-0.05, 0) is 49.1 Å². The van der Waals surface area contributed by atoms with Crippen LogP contribution in [-0.4, -0.2) is 63.7 Å². The van der Waals surface area contributed by atoms with Crippen molar-refractivity contribution in [1.29, 1.82) is 0 Å². The minimum Gasteiger partial charge on any atom is -0.382 e. The number of nitrogen functional groups attached to an aromatic ring is 1. The summed E-state index contributed by atoms with van der Waals surface area (Å²) in [6, 6.07) is 13.2. The lowest BCUT2D eigenvalue weighted by molar-refractivity contribution is -0.135. The van der Waals surface area contributed by atoms with Gasteiger partial charge in [0.2, 0.25) is 5.91 Å². The summed E-state index contributed by atoms with van der Waals surface area (Å²) < 4.78 is 5.00. The quantitative estimate of drug-likeness (QED) is 0.252. The number of aromatic nitrogens is 7. The summed E-state index contributed by atoms with van der Waals surface area (Å²) in [5, 5.41) is 8.96. The lowest BCUT2D eigenvalue weighted by Crippen LogP contribution is -2.40. The molecule has 0 radical (unpaired) electrons. The number of nitrogens with zero attached hydrogens (tertiary/aromatic N) is 8. The van der Waals surface area contributed by atoms with Crippen molar-refractivity contribution in [3.8, 4) is 39.1 Å². The predicted octanol–water partition coefficient (Wildman–Crippen LogP) is 4.36. The molecule has 1 aliphatic heterocycles. The third kappa shape index (κ3) is 5.50. The van der Waals surface area contributed by atoms with E-state index in [1.807, 2.05) is 60.6 Å². The fourth-order valence-electron chi connectivity index (χ4n) is 7.19. The highest BCUT2D eigenvalue weighted by Gasteiger charge is 2.30. The molecule has 1 saturated heterocycles. The Kier molecular flexibility index (Phi) is 8.26. The smallest absolute Gasteiger partial charge is 0.268 e. The van der Waals surface area contributed by atoms with Crippen LogP contribution < -0.4 is 17.0 Å². The first-order chi connectivity index (χ1) is 24.0. The first-order valence-corrected chi connectivity index (χ1v) is 16.6. The van der Waals surface area contributed by atoms with Gasteiger partial charge in [0.1, 0.15) is 17.4 Å². The Hall–Kier alpha value is -6.11. The van der Waals surface area contributed by atoms with E-state index in [0.29, 0.717) is 52.5 Å². The maximum absolute atomic E-state index is 14.1. The van der Waals surface area contributed by atoms with Gasteiger partial charge in [0.05, 0.1) is 18.1 Å². The number of likely N-dealkylation sites (tertiary alicyclic amines) is 1. The van der Waals surface area contributed by atoms with Crippen LogP contribution in [0.5, 0.6) is 0 Å². The number of carbonyl (C=O) groups excluding carboxylic acids is 2. The zero-order valence-electron chi connectivity index (χ0n) is 28.4. The number of piperidine rings is 1. The van der Waals surface area contributed by atoms with Crippen LogP contribution >= 0.6 is 0 Å². The minimum absolute atomic E-state index is 0.0377. The fraction of sp³-hybridized carbons (Fsp3) is 0.270. The van der Waals surface area contributed by atoms with E-state index in [1.54, 1.807) is 42.5 Å². The van der Waals surface area contributed by atoms with Crippen molar-refractivity contribution in [3.63, 3.8) is 0 Å². The van der Waals surface area contributed by atoms with Gasteiger partial charge in [-0.15, -0.1) is 0 Å². The molecule has 0 saturated carbocycles. The number of amides is 2. The van der Waals surface area contributed by atoms with E-state index < -0.39 is 11.5 Å². The van der Waals surface area contributed by atoms with Crippen molar-refractivity contribution in [2.75, 3.05) is 18.8 Å². The minimum atomic E-state index is -0.842. The highest BCUT2D eigenvalue weighted by Crippen LogP contribution is 2.40. The third-order valence-corrected chi connectivity index (χ3v) is 9.57. The SMILES string of the molecule is Cc1c(-c2cnn(C)c2)c(-c2ccc(-c3cc(C4CCN(C(=O)C(C)C)CC4)n4ncnc(N)c34)cc2)c(C(N)=O)c(=O)n1-c1cccnc1. The van der Waals surface area contributed by atoms with E-state index in [-0.39, 0.29) is 23.3 Å². The second-order valence-electron chi connectivity index (χ2n) is 13.0. The van der Waals surface area contributed by atoms with Gasteiger partial charge >= 0.3 is 0 Å². The van der Waals surface area contributed by atoms with Crippen LogP contribution in [0, 0.1) is 12.8 Å². The van der Waals surface area contributed by atoms with Gasteiger partial charge in [0.25, 0.3) is 11.5 Å². The van der Waals surface area contributed by atoms with Gasteiger partial charge in [0, 0.05) is 78.0 Å². The molecule has 5 aromatic heterocycles. The second kappa shape index (κ2) is 12.7. The number of hydrogen-bond donors (Lipinski definition) is 2. The largest absolute Gasteiger partial charge is 0.382 e. The monoisotopic (exact) mass is 670 g/mol. The number of hydrogen-bond acceptors (Lipinski definition) is 8. The maximum atomic E-state index is 14.1. The molecule has 6 aromatic rings. The standard InChI is InChI=1S/C37H38N10O3/c1-21(2)36(49)45-14-11-24(12-15-45)29-16-28(33-34(38)41-20-43-47(29)33)23-7-9-25(10-8-23)31-30(26-17-42-44(4)19-26)22(3)46(27-6-5-13-40-18-27)37(50)32(31)35(39)48/h5-10,13,16-21,24H,11-12,14-15H2,1-4H3,(H2,39,48)(H2,38,41,43). The van der Waals surface area contributed by atoms with Gasteiger partial charge in [-0.25, -0.2) is 9.50 Å². The molecule has 1 fully saturated rings. The number of benzene rings is 1. The Morgan fingerprint density at radius 1 is 0.960 bits per heavy atom. The van der Waals surface area contributed by atoms with Gasteiger partial charge in [0.15, 0.2) is 5.82 Å². The molecule has 7 rings (SSSR count). The average Bonchev–Trinajstić information content (AvgIpc) is 3.72. The molecule has 0 bridgehead atoms. The topological polar surface area (TPSA) is 172 Å². The molecule has 1 aromatic carbocycles. The molecule has 13 heteroatoms.